The maximum atomic E-state index is 10.5. The van der Waals surface area contributed by atoms with E-state index in [9.17, 15) is 4.79 Å². The highest BCUT2D eigenvalue weighted by atomic mass is 16.1. The van der Waals surface area contributed by atoms with Crippen molar-refractivity contribution < 1.29 is 4.79 Å². The van der Waals surface area contributed by atoms with E-state index in [1.165, 1.54) is 6.20 Å². The molecule has 4 nitrogen and oxygen atoms in total. The van der Waals surface area contributed by atoms with Crippen LogP contribution in [0.3, 0.4) is 0 Å². The molecule has 0 aliphatic carbocycles. The first-order valence-corrected chi connectivity index (χ1v) is 4.79. The highest BCUT2D eigenvalue weighted by Gasteiger charge is 2.08. The average Bonchev–Trinajstić information content (AvgIpc) is 2.77. The largest absolute Gasteiger partial charge is 0.334 e. The van der Waals surface area contributed by atoms with Crippen LogP contribution in [0.4, 0.5) is 0 Å². The summed E-state index contributed by atoms with van der Waals surface area (Å²) in [6.07, 6.45) is 4.86. The van der Waals surface area contributed by atoms with E-state index in [-0.39, 0.29) is 0 Å². The molecule has 0 aromatic carbocycles. The normalized spacial score (nSPS) is 10.2. The van der Waals surface area contributed by atoms with Gasteiger partial charge in [-0.2, -0.15) is 0 Å². The summed E-state index contributed by atoms with van der Waals surface area (Å²) in [4.78, 5) is 21.8. The minimum Gasteiger partial charge on any atom is -0.334 e. The number of carbonyl (C=O) groups is 1. The van der Waals surface area contributed by atoms with Crippen molar-refractivity contribution in [1.29, 1.82) is 0 Å². The standard InChI is InChI=1S/C11H11N3O/c1-2-8-4-3-5-12-10(8)11-13-6-9(7-15)14-11/h3-7H,2H2,1H3,(H,13,14). The number of nitrogens with one attached hydrogen (secondary N) is 1. The lowest BCUT2D eigenvalue weighted by molar-refractivity contribution is 0.111. The lowest BCUT2D eigenvalue weighted by Gasteiger charge is -2.02. The van der Waals surface area contributed by atoms with Crippen molar-refractivity contribution in [2.24, 2.45) is 0 Å². The van der Waals surface area contributed by atoms with E-state index in [2.05, 4.69) is 21.9 Å². The van der Waals surface area contributed by atoms with Crippen molar-refractivity contribution >= 4 is 6.29 Å². The zero-order valence-electron chi connectivity index (χ0n) is 8.40. The molecule has 0 spiro atoms. The maximum absolute atomic E-state index is 10.5. The van der Waals surface area contributed by atoms with E-state index in [1.807, 2.05) is 12.1 Å². The number of aromatic nitrogens is 3. The van der Waals surface area contributed by atoms with Gasteiger partial charge in [0.2, 0.25) is 0 Å². The predicted molar refractivity (Wildman–Crippen MR) is 56.6 cm³/mol. The second-order valence-corrected chi connectivity index (χ2v) is 3.17. The average molecular weight is 201 g/mol. The first-order chi connectivity index (χ1) is 7.35. The quantitative estimate of drug-likeness (QED) is 0.771. The summed E-state index contributed by atoms with van der Waals surface area (Å²) in [6, 6.07) is 3.90. The van der Waals surface area contributed by atoms with E-state index >= 15 is 0 Å². The number of aldehydes is 1. The first kappa shape index (κ1) is 9.58. The number of imidazole rings is 1. The van der Waals surface area contributed by atoms with Crippen LogP contribution in [0.1, 0.15) is 23.0 Å². The molecule has 0 saturated carbocycles. The minimum atomic E-state index is 0.470. The Morgan fingerprint density at radius 2 is 2.33 bits per heavy atom. The number of aryl methyl sites for hydroxylation is 1. The topological polar surface area (TPSA) is 58.6 Å². The number of carbonyl (C=O) groups excluding carboxylic acids is 1. The molecular weight excluding hydrogens is 190 g/mol. The second-order valence-electron chi connectivity index (χ2n) is 3.17. The Hall–Kier alpha value is -1.97. The fraction of sp³-hybridized carbons (Fsp3) is 0.182. The summed E-state index contributed by atoms with van der Waals surface area (Å²) in [5.41, 5.74) is 2.40. The van der Waals surface area contributed by atoms with E-state index in [0.717, 1.165) is 24.0 Å². The summed E-state index contributed by atoms with van der Waals surface area (Å²) < 4.78 is 0. The van der Waals surface area contributed by atoms with Gasteiger partial charge in [0.05, 0.1) is 11.9 Å². The van der Waals surface area contributed by atoms with Crippen LogP contribution in [-0.2, 0) is 6.42 Å². The van der Waals surface area contributed by atoms with Gasteiger partial charge in [-0.1, -0.05) is 13.0 Å². The van der Waals surface area contributed by atoms with Crippen LogP contribution in [-0.4, -0.2) is 21.2 Å². The SMILES string of the molecule is CCc1cccnc1-c1ncc(C=O)[nH]1. The molecule has 2 aromatic rings. The number of H-pyrrole nitrogens is 1. The fourth-order valence-electron chi connectivity index (χ4n) is 1.45. The molecule has 0 aliphatic rings. The number of hydrogen-bond acceptors (Lipinski definition) is 3. The highest BCUT2D eigenvalue weighted by Crippen LogP contribution is 2.17. The summed E-state index contributed by atoms with van der Waals surface area (Å²) >= 11 is 0. The Kier molecular flexibility index (Phi) is 2.58. The predicted octanol–water partition coefficient (Wildman–Crippen LogP) is 1.85. The van der Waals surface area contributed by atoms with Gasteiger partial charge in [-0.3, -0.25) is 9.78 Å². The van der Waals surface area contributed by atoms with Gasteiger partial charge >= 0.3 is 0 Å². The zero-order valence-corrected chi connectivity index (χ0v) is 8.40. The van der Waals surface area contributed by atoms with Crippen molar-refractivity contribution in [2.45, 2.75) is 13.3 Å². The fourth-order valence-corrected chi connectivity index (χ4v) is 1.45. The molecule has 0 amide bonds. The third-order valence-corrected chi connectivity index (χ3v) is 2.22. The molecule has 0 unspecified atom stereocenters. The van der Waals surface area contributed by atoms with Crippen molar-refractivity contribution in [2.75, 3.05) is 0 Å². The van der Waals surface area contributed by atoms with Gasteiger partial charge in [0.15, 0.2) is 12.1 Å². The van der Waals surface area contributed by atoms with Crippen LogP contribution < -0.4 is 0 Å². The molecule has 15 heavy (non-hydrogen) atoms. The van der Waals surface area contributed by atoms with Crippen molar-refractivity contribution in [3.05, 3.63) is 35.8 Å². The van der Waals surface area contributed by atoms with Gasteiger partial charge in [0, 0.05) is 6.20 Å². The Bertz CT molecular complexity index is 476. The number of rotatable bonds is 3. The Balaban J connectivity index is 2.48. The van der Waals surface area contributed by atoms with E-state index in [1.54, 1.807) is 6.20 Å². The molecule has 2 rings (SSSR count). The Morgan fingerprint density at radius 1 is 1.47 bits per heavy atom. The molecule has 2 aromatic heterocycles. The van der Waals surface area contributed by atoms with Gasteiger partial charge in [0.25, 0.3) is 0 Å². The molecule has 0 bridgehead atoms. The summed E-state index contributed by atoms with van der Waals surface area (Å²) in [5.74, 6) is 0.648. The Morgan fingerprint density at radius 3 is 3.00 bits per heavy atom. The van der Waals surface area contributed by atoms with Gasteiger partial charge in [-0.25, -0.2) is 4.98 Å². The molecule has 2 heterocycles. The third-order valence-electron chi connectivity index (χ3n) is 2.22. The van der Waals surface area contributed by atoms with Crippen LogP contribution >= 0.6 is 0 Å². The highest BCUT2D eigenvalue weighted by molar-refractivity contribution is 5.73. The first-order valence-electron chi connectivity index (χ1n) is 4.79. The molecule has 1 N–H and O–H groups in total. The smallest absolute Gasteiger partial charge is 0.167 e. The molecule has 0 radical (unpaired) electrons. The third kappa shape index (κ3) is 1.79. The zero-order chi connectivity index (χ0) is 10.7. The van der Waals surface area contributed by atoms with Crippen LogP contribution in [0, 0.1) is 0 Å². The van der Waals surface area contributed by atoms with Gasteiger partial charge in [-0.15, -0.1) is 0 Å². The molecule has 0 saturated heterocycles. The van der Waals surface area contributed by atoms with Crippen molar-refractivity contribution in [1.82, 2.24) is 15.0 Å². The lowest BCUT2D eigenvalue weighted by Crippen LogP contribution is -1.92. The van der Waals surface area contributed by atoms with Crippen LogP contribution in [0.25, 0.3) is 11.5 Å². The molecule has 0 aliphatic heterocycles. The summed E-state index contributed by atoms with van der Waals surface area (Å²) in [5, 5.41) is 0. The van der Waals surface area contributed by atoms with Crippen LogP contribution in [0.5, 0.6) is 0 Å². The molecule has 0 fully saturated rings. The Labute approximate surface area is 87.4 Å². The number of hydrogen-bond donors (Lipinski definition) is 1. The molecule has 4 heteroatoms. The van der Waals surface area contributed by atoms with E-state index in [0.29, 0.717) is 11.5 Å². The van der Waals surface area contributed by atoms with Crippen molar-refractivity contribution in [3.8, 4) is 11.5 Å². The molecular formula is C11H11N3O. The van der Waals surface area contributed by atoms with Crippen molar-refractivity contribution in [3.63, 3.8) is 0 Å². The summed E-state index contributed by atoms with van der Waals surface area (Å²) in [6.45, 7) is 2.06. The van der Waals surface area contributed by atoms with Crippen LogP contribution in [0.2, 0.25) is 0 Å². The van der Waals surface area contributed by atoms with E-state index in [4.69, 9.17) is 0 Å². The van der Waals surface area contributed by atoms with Gasteiger partial charge in [-0.05, 0) is 18.1 Å². The van der Waals surface area contributed by atoms with E-state index < -0.39 is 0 Å². The number of aromatic amines is 1. The lowest BCUT2D eigenvalue weighted by atomic mass is 10.1. The minimum absolute atomic E-state index is 0.470. The monoisotopic (exact) mass is 201 g/mol. The van der Waals surface area contributed by atoms with Gasteiger partial charge in [0.1, 0.15) is 5.69 Å². The number of nitrogens with zero attached hydrogens (tertiary/aromatic N) is 2. The molecule has 0 atom stereocenters. The second kappa shape index (κ2) is 4.04. The van der Waals surface area contributed by atoms with Crippen LogP contribution in [0.15, 0.2) is 24.5 Å². The number of pyridine rings is 1. The maximum Gasteiger partial charge on any atom is 0.167 e. The van der Waals surface area contributed by atoms with Gasteiger partial charge < -0.3 is 4.98 Å². The summed E-state index contributed by atoms with van der Waals surface area (Å²) in [7, 11) is 0. The molecule has 76 valence electrons.